The van der Waals surface area contributed by atoms with Crippen molar-refractivity contribution in [2.75, 3.05) is 13.1 Å². The van der Waals surface area contributed by atoms with Gasteiger partial charge < -0.3 is 16.0 Å². The Morgan fingerprint density at radius 3 is 2.45 bits per heavy atom. The van der Waals surface area contributed by atoms with Crippen LogP contribution in [0.1, 0.15) is 25.8 Å². The minimum Gasteiger partial charge on any atom is -0.354 e. The first-order chi connectivity index (χ1) is 10.4. The molecule has 5 nitrogen and oxygen atoms in total. The molecule has 0 unspecified atom stereocenters. The van der Waals surface area contributed by atoms with E-state index in [1.54, 1.807) is 0 Å². The lowest BCUT2D eigenvalue weighted by molar-refractivity contribution is -0.121. The lowest BCUT2D eigenvalue weighted by Crippen LogP contribution is -2.39. The largest absolute Gasteiger partial charge is 0.354 e. The molecule has 0 saturated carbocycles. The maximum atomic E-state index is 13.4. The van der Waals surface area contributed by atoms with Crippen LogP contribution in [-0.4, -0.2) is 31.1 Å². The standard InChI is InChI=1S/C15H21F2N3O2/c1-10(2)20-14(21)6-8-19-15(22)18-7-5-11-3-4-12(16)9-13(11)17/h3-4,9-10H,5-8H2,1-2H3,(H,20,21)(H2,18,19,22). The summed E-state index contributed by atoms with van der Waals surface area (Å²) >= 11 is 0. The lowest BCUT2D eigenvalue weighted by Gasteiger charge is -2.10. The van der Waals surface area contributed by atoms with Gasteiger partial charge in [-0.25, -0.2) is 13.6 Å². The predicted molar refractivity (Wildman–Crippen MR) is 79.4 cm³/mol. The van der Waals surface area contributed by atoms with E-state index in [9.17, 15) is 18.4 Å². The molecule has 0 aliphatic rings. The molecule has 7 heteroatoms. The van der Waals surface area contributed by atoms with Crippen LogP contribution in [0, 0.1) is 11.6 Å². The molecule has 0 aliphatic heterocycles. The van der Waals surface area contributed by atoms with E-state index in [2.05, 4.69) is 16.0 Å². The Hall–Kier alpha value is -2.18. The Kier molecular flexibility index (Phi) is 7.28. The summed E-state index contributed by atoms with van der Waals surface area (Å²) in [4.78, 5) is 22.8. The van der Waals surface area contributed by atoms with E-state index >= 15 is 0 Å². The first-order valence-electron chi connectivity index (χ1n) is 7.13. The second-order valence-electron chi connectivity index (χ2n) is 5.14. The monoisotopic (exact) mass is 313 g/mol. The Morgan fingerprint density at radius 2 is 1.82 bits per heavy atom. The third-order valence-corrected chi connectivity index (χ3v) is 2.78. The molecule has 1 aromatic carbocycles. The molecule has 0 radical (unpaired) electrons. The van der Waals surface area contributed by atoms with Crippen molar-refractivity contribution < 1.29 is 18.4 Å². The van der Waals surface area contributed by atoms with Gasteiger partial charge in [0.1, 0.15) is 11.6 Å². The quantitative estimate of drug-likeness (QED) is 0.717. The van der Waals surface area contributed by atoms with Gasteiger partial charge in [-0.2, -0.15) is 0 Å². The smallest absolute Gasteiger partial charge is 0.314 e. The maximum absolute atomic E-state index is 13.4. The number of benzene rings is 1. The third kappa shape index (κ3) is 7.01. The van der Waals surface area contributed by atoms with E-state index in [1.807, 2.05) is 13.8 Å². The van der Waals surface area contributed by atoms with Crippen molar-refractivity contribution in [2.24, 2.45) is 0 Å². The highest BCUT2D eigenvalue weighted by molar-refractivity contribution is 5.78. The van der Waals surface area contributed by atoms with Crippen LogP contribution in [0.2, 0.25) is 0 Å². The zero-order valence-corrected chi connectivity index (χ0v) is 12.7. The molecule has 0 fully saturated rings. The second-order valence-corrected chi connectivity index (χ2v) is 5.14. The van der Waals surface area contributed by atoms with E-state index in [0.717, 1.165) is 6.07 Å². The molecule has 122 valence electrons. The molecular formula is C15H21F2N3O2. The number of amides is 3. The minimum atomic E-state index is -0.633. The highest BCUT2D eigenvalue weighted by Crippen LogP contribution is 2.09. The molecule has 0 saturated heterocycles. The second kappa shape index (κ2) is 8.96. The SMILES string of the molecule is CC(C)NC(=O)CCNC(=O)NCCc1ccc(F)cc1F. The van der Waals surface area contributed by atoms with Gasteiger partial charge in [-0.1, -0.05) is 6.07 Å². The van der Waals surface area contributed by atoms with Crippen molar-refractivity contribution in [3.63, 3.8) is 0 Å². The molecule has 3 amide bonds. The molecule has 0 bridgehead atoms. The van der Waals surface area contributed by atoms with Crippen molar-refractivity contribution in [2.45, 2.75) is 32.7 Å². The summed E-state index contributed by atoms with van der Waals surface area (Å²) < 4.78 is 26.1. The van der Waals surface area contributed by atoms with Crippen LogP contribution >= 0.6 is 0 Å². The van der Waals surface area contributed by atoms with E-state index in [4.69, 9.17) is 0 Å². The van der Waals surface area contributed by atoms with Crippen LogP contribution in [-0.2, 0) is 11.2 Å². The zero-order chi connectivity index (χ0) is 16.5. The number of urea groups is 1. The van der Waals surface area contributed by atoms with Crippen molar-refractivity contribution in [3.8, 4) is 0 Å². The van der Waals surface area contributed by atoms with E-state index in [1.165, 1.54) is 12.1 Å². The van der Waals surface area contributed by atoms with Gasteiger partial charge in [-0.3, -0.25) is 4.79 Å². The van der Waals surface area contributed by atoms with Crippen molar-refractivity contribution in [1.82, 2.24) is 16.0 Å². The van der Waals surface area contributed by atoms with Gasteiger partial charge in [0, 0.05) is 31.6 Å². The van der Waals surface area contributed by atoms with Gasteiger partial charge in [0.25, 0.3) is 0 Å². The normalized spacial score (nSPS) is 10.4. The summed E-state index contributed by atoms with van der Waals surface area (Å²) in [6.07, 6.45) is 0.450. The summed E-state index contributed by atoms with van der Waals surface area (Å²) in [5, 5.41) is 7.79. The fourth-order valence-electron chi connectivity index (χ4n) is 1.78. The number of nitrogens with one attached hydrogen (secondary N) is 3. The van der Waals surface area contributed by atoms with Crippen LogP contribution in [0.3, 0.4) is 0 Å². The first kappa shape index (κ1) is 17.9. The Labute approximate surface area is 128 Å². The fourth-order valence-corrected chi connectivity index (χ4v) is 1.78. The number of rotatable bonds is 7. The molecule has 0 atom stereocenters. The summed E-state index contributed by atoms with van der Waals surface area (Å²) in [7, 11) is 0. The van der Waals surface area contributed by atoms with Gasteiger partial charge in [0.05, 0.1) is 0 Å². The molecule has 0 aliphatic carbocycles. The van der Waals surface area contributed by atoms with Gasteiger partial charge in [0.2, 0.25) is 5.91 Å². The Morgan fingerprint density at radius 1 is 1.14 bits per heavy atom. The topological polar surface area (TPSA) is 70.2 Å². The van der Waals surface area contributed by atoms with Crippen LogP contribution in [0.4, 0.5) is 13.6 Å². The van der Waals surface area contributed by atoms with E-state index in [-0.39, 0.29) is 37.9 Å². The minimum absolute atomic E-state index is 0.0620. The summed E-state index contributed by atoms with van der Waals surface area (Å²) in [6.45, 7) is 4.14. The van der Waals surface area contributed by atoms with Crippen LogP contribution in [0.25, 0.3) is 0 Å². The molecule has 1 aromatic rings. The Balaban J connectivity index is 2.19. The highest BCUT2D eigenvalue weighted by Gasteiger charge is 2.06. The molecule has 22 heavy (non-hydrogen) atoms. The average molecular weight is 313 g/mol. The lowest BCUT2D eigenvalue weighted by atomic mass is 10.1. The van der Waals surface area contributed by atoms with Crippen molar-refractivity contribution in [1.29, 1.82) is 0 Å². The van der Waals surface area contributed by atoms with Gasteiger partial charge >= 0.3 is 6.03 Å². The number of hydrogen-bond donors (Lipinski definition) is 3. The Bertz CT molecular complexity index is 522. The van der Waals surface area contributed by atoms with E-state index in [0.29, 0.717) is 5.56 Å². The van der Waals surface area contributed by atoms with Crippen LogP contribution in [0.5, 0.6) is 0 Å². The maximum Gasteiger partial charge on any atom is 0.314 e. The summed E-state index contributed by atoms with van der Waals surface area (Å²) in [5.41, 5.74) is 0.331. The zero-order valence-electron chi connectivity index (χ0n) is 12.7. The number of halogens is 2. The van der Waals surface area contributed by atoms with Crippen molar-refractivity contribution >= 4 is 11.9 Å². The third-order valence-electron chi connectivity index (χ3n) is 2.78. The fraction of sp³-hybridized carbons (Fsp3) is 0.467. The number of hydrogen-bond acceptors (Lipinski definition) is 2. The van der Waals surface area contributed by atoms with Crippen molar-refractivity contribution in [3.05, 3.63) is 35.4 Å². The van der Waals surface area contributed by atoms with Crippen LogP contribution in [0.15, 0.2) is 18.2 Å². The molecule has 0 heterocycles. The molecule has 0 spiro atoms. The molecular weight excluding hydrogens is 292 g/mol. The summed E-state index contributed by atoms with van der Waals surface area (Å²) in [6, 6.07) is 2.96. The molecule has 3 N–H and O–H groups in total. The molecule has 1 rings (SSSR count). The van der Waals surface area contributed by atoms with Crippen LogP contribution < -0.4 is 16.0 Å². The molecule has 0 aromatic heterocycles. The first-order valence-corrected chi connectivity index (χ1v) is 7.13. The average Bonchev–Trinajstić information content (AvgIpc) is 2.40. The van der Waals surface area contributed by atoms with Gasteiger partial charge in [0.15, 0.2) is 0 Å². The van der Waals surface area contributed by atoms with Gasteiger partial charge in [-0.15, -0.1) is 0 Å². The number of carbonyl (C=O) groups excluding carboxylic acids is 2. The van der Waals surface area contributed by atoms with E-state index < -0.39 is 17.7 Å². The number of carbonyl (C=O) groups is 2. The van der Waals surface area contributed by atoms with Gasteiger partial charge in [-0.05, 0) is 31.9 Å². The highest BCUT2D eigenvalue weighted by atomic mass is 19.1. The predicted octanol–water partition coefficient (Wildman–Crippen LogP) is 1.72. The summed E-state index contributed by atoms with van der Waals surface area (Å²) in [5.74, 6) is -1.40.